The number of isocyanates is 2. The SMILES string of the molecule is O=C=Nc1ccc(C(=O)c2cccc(N=C=O)c2)cc1. The number of carbonyl (C=O) groups excluding carboxylic acids is 3. The van der Waals surface area contributed by atoms with Gasteiger partial charge >= 0.3 is 0 Å². The summed E-state index contributed by atoms with van der Waals surface area (Å²) in [6, 6.07) is 12.6. The van der Waals surface area contributed by atoms with E-state index in [2.05, 4.69) is 9.98 Å². The minimum atomic E-state index is -0.213. The van der Waals surface area contributed by atoms with E-state index in [1.54, 1.807) is 42.5 Å². The minimum absolute atomic E-state index is 0.213. The van der Waals surface area contributed by atoms with Crippen LogP contribution in [0.1, 0.15) is 15.9 Å². The molecule has 0 bridgehead atoms. The van der Waals surface area contributed by atoms with E-state index in [0.29, 0.717) is 22.5 Å². The summed E-state index contributed by atoms with van der Waals surface area (Å²) in [5.74, 6) is -0.213. The van der Waals surface area contributed by atoms with Crippen LogP contribution in [0.15, 0.2) is 58.5 Å². The number of rotatable bonds is 4. The van der Waals surface area contributed by atoms with Gasteiger partial charge in [0.2, 0.25) is 12.2 Å². The van der Waals surface area contributed by atoms with Crippen molar-refractivity contribution in [3.63, 3.8) is 0 Å². The van der Waals surface area contributed by atoms with E-state index in [0.717, 1.165) is 0 Å². The van der Waals surface area contributed by atoms with Crippen molar-refractivity contribution >= 4 is 29.3 Å². The molecule has 0 aliphatic carbocycles. The van der Waals surface area contributed by atoms with Gasteiger partial charge in [-0.3, -0.25) is 4.79 Å². The van der Waals surface area contributed by atoms with Crippen LogP contribution >= 0.6 is 0 Å². The van der Waals surface area contributed by atoms with Gasteiger partial charge in [-0.25, -0.2) is 9.59 Å². The Morgan fingerprint density at radius 1 is 0.800 bits per heavy atom. The van der Waals surface area contributed by atoms with Gasteiger partial charge in [-0.15, -0.1) is 0 Å². The smallest absolute Gasteiger partial charge is 0.240 e. The Bertz CT molecular complexity index is 738. The Hall–Kier alpha value is -3.13. The van der Waals surface area contributed by atoms with Crippen molar-refractivity contribution in [3.05, 3.63) is 59.7 Å². The van der Waals surface area contributed by atoms with Crippen molar-refractivity contribution in [2.75, 3.05) is 0 Å². The van der Waals surface area contributed by atoms with Crippen LogP contribution in [0.25, 0.3) is 0 Å². The topological polar surface area (TPSA) is 75.9 Å². The van der Waals surface area contributed by atoms with Crippen LogP contribution in [0.3, 0.4) is 0 Å². The Morgan fingerprint density at radius 3 is 2.10 bits per heavy atom. The molecular weight excluding hydrogens is 256 g/mol. The summed E-state index contributed by atoms with van der Waals surface area (Å²) >= 11 is 0. The van der Waals surface area contributed by atoms with Crippen LogP contribution in [-0.2, 0) is 9.59 Å². The summed E-state index contributed by atoms with van der Waals surface area (Å²) in [6.07, 6.45) is 2.85. The molecule has 0 unspecified atom stereocenters. The Labute approximate surface area is 114 Å². The molecule has 0 fully saturated rings. The van der Waals surface area contributed by atoms with E-state index in [1.165, 1.54) is 18.2 Å². The van der Waals surface area contributed by atoms with Crippen LogP contribution in [-0.4, -0.2) is 17.9 Å². The van der Waals surface area contributed by atoms with E-state index in [1.807, 2.05) is 0 Å². The number of aliphatic imine (C=N–C) groups is 2. The molecule has 0 aromatic heterocycles. The maximum atomic E-state index is 12.2. The monoisotopic (exact) mass is 264 g/mol. The molecule has 0 heterocycles. The molecule has 96 valence electrons. The lowest BCUT2D eigenvalue weighted by atomic mass is 10.0. The molecule has 0 radical (unpaired) electrons. The highest BCUT2D eigenvalue weighted by molar-refractivity contribution is 6.09. The van der Waals surface area contributed by atoms with Crippen LogP contribution in [0.4, 0.5) is 11.4 Å². The number of nitrogens with zero attached hydrogens (tertiary/aromatic N) is 2. The third-order valence-electron chi connectivity index (χ3n) is 2.59. The Kier molecular flexibility index (Phi) is 4.10. The van der Waals surface area contributed by atoms with Crippen molar-refractivity contribution in [1.82, 2.24) is 0 Å². The van der Waals surface area contributed by atoms with Crippen LogP contribution in [0, 0.1) is 0 Å². The molecule has 0 aliphatic heterocycles. The van der Waals surface area contributed by atoms with Gasteiger partial charge in [-0.2, -0.15) is 9.98 Å². The van der Waals surface area contributed by atoms with E-state index in [4.69, 9.17) is 0 Å². The second-order valence-corrected chi connectivity index (χ2v) is 3.83. The Morgan fingerprint density at radius 2 is 1.45 bits per heavy atom. The van der Waals surface area contributed by atoms with Gasteiger partial charge in [0.15, 0.2) is 5.78 Å². The van der Waals surface area contributed by atoms with E-state index >= 15 is 0 Å². The first-order valence-electron chi connectivity index (χ1n) is 5.65. The number of benzene rings is 2. The standard InChI is InChI=1S/C15H8N2O3/c18-9-16-13-6-4-11(5-7-13)15(20)12-2-1-3-14(8-12)17-10-19/h1-8H. The Balaban J connectivity index is 2.33. The highest BCUT2D eigenvalue weighted by atomic mass is 16.1. The van der Waals surface area contributed by atoms with Crippen LogP contribution < -0.4 is 0 Å². The fraction of sp³-hybridized carbons (Fsp3) is 0. The lowest BCUT2D eigenvalue weighted by Gasteiger charge is -2.02. The van der Waals surface area contributed by atoms with Gasteiger partial charge in [0.1, 0.15) is 0 Å². The number of carbonyl (C=O) groups is 1. The average molecular weight is 264 g/mol. The summed E-state index contributed by atoms with van der Waals surface area (Å²) in [7, 11) is 0. The molecule has 0 atom stereocenters. The summed E-state index contributed by atoms with van der Waals surface area (Å²) < 4.78 is 0. The van der Waals surface area contributed by atoms with Crippen LogP contribution in [0.2, 0.25) is 0 Å². The molecule has 0 N–H and O–H groups in total. The van der Waals surface area contributed by atoms with Crippen molar-refractivity contribution in [1.29, 1.82) is 0 Å². The van der Waals surface area contributed by atoms with Gasteiger partial charge in [0.05, 0.1) is 11.4 Å². The number of hydrogen-bond acceptors (Lipinski definition) is 5. The molecule has 0 aliphatic rings. The van der Waals surface area contributed by atoms with Gasteiger partial charge in [-0.1, -0.05) is 12.1 Å². The molecule has 2 aromatic rings. The first kappa shape index (κ1) is 13.3. The number of hydrogen-bond donors (Lipinski definition) is 0. The molecule has 5 nitrogen and oxygen atoms in total. The van der Waals surface area contributed by atoms with Crippen molar-refractivity contribution in [2.24, 2.45) is 9.98 Å². The zero-order valence-corrected chi connectivity index (χ0v) is 10.2. The van der Waals surface area contributed by atoms with Gasteiger partial charge < -0.3 is 0 Å². The summed E-state index contributed by atoms with van der Waals surface area (Å²) in [5.41, 5.74) is 1.65. The fourth-order valence-electron chi connectivity index (χ4n) is 1.68. The van der Waals surface area contributed by atoms with Gasteiger partial charge in [0.25, 0.3) is 0 Å². The second kappa shape index (κ2) is 6.16. The van der Waals surface area contributed by atoms with Gasteiger partial charge in [0, 0.05) is 11.1 Å². The summed E-state index contributed by atoms with van der Waals surface area (Å²) in [4.78, 5) is 39.5. The normalized spacial score (nSPS) is 9.20. The molecule has 5 heteroatoms. The maximum absolute atomic E-state index is 12.2. The maximum Gasteiger partial charge on any atom is 0.240 e. The van der Waals surface area contributed by atoms with Crippen molar-refractivity contribution < 1.29 is 14.4 Å². The molecule has 0 saturated carbocycles. The number of ketones is 1. The predicted molar refractivity (Wildman–Crippen MR) is 71.9 cm³/mol. The predicted octanol–water partition coefficient (Wildman–Crippen LogP) is 2.85. The lowest BCUT2D eigenvalue weighted by molar-refractivity contribution is 0.103. The largest absolute Gasteiger partial charge is 0.289 e. The average Bonchev–Trinajstić information content (AvgIpc) is 2.48. The molecule has 2 aromatic carbocycles. The fourth-order valence-corrected chi connectivity index (χ4v) is 1.68. The first-order valence-corrected chi connectivity index (χ1v) is 5.65. The second-order valence-electron chi connectivity index (χ2n) is 3.83. The molecule has 2 rings (SSSR count). The zero-order chi connectivity index (χ0) is 14.4. The first-order chi connectivity index (χ1) is 9.74. The molecule has 0 amide bonds. The molecular formula is C15H8N2O3. The lowest BCUT2D eigenvalue weighted by Crippen LogP contribution is -2.00. The van der Waals surface area contributed by atoms with E-state index in [-0.39, 0.29) is 5.78 Å². The highest BCUT2D eigenvalue weighted by Gasteiger charge is 2.09. The summed E-state index contributed by atoms with van der Waals surface area (Å²) in [5, 5.41) is 0. The molecule has 0 saturated heterocycles. The third-order valence-corrected chi connectivity index (χ3v) is 2.59. The highest BCUT2D eigenvalue weighted by Crippen LogP contribution is 2.18. The third kappa shape index (κ3) is 3.00. The summed E-state index contributed by atoms with van der Waals surface area (Å²) in [6.45, 7) is 0. The van der Waals surface area contributed by atoms with Crippen molar-refractivity contribution in [3.8, 4) is 0 Å². The minimum Gasteiger partial charge on any atom is -0.289 e. The van der Waals surface area contributed by atoms with Crippen LogP contribution in [0.5, 0.6) is 0 Å². The van der Waals surface area contributed by atoms with Gasteiger partial charge in [-0.05, 0) is 36.4 Å². The van der Waals surface area contributed by atoms with E-state index in [9.17, 15) is 14.4 Å². The molecule has 0 spiro atoms. The molecule has 20 heavy (non-hydrogen) atoms. The quantitative estimate of drug-likeness (QED) is 0.484. The zero-order valence-electron chi connectivity index (χ0n) is 10.2. The van der Waals surface area contributed by atoms with Crippen molar-refractivity contribution in [2.45, 2.75) is 0 Å². The van der Waals surface area contributed by atoms with E-state index < -0.39 is 0 Å².